The van der Waals surface area contributed by atoms with Gasteiger partial charge in [-0.25, -0.2) is 14.8 Å². The largest absolute Gasteiger partial charge is 0.419 e. The molecule has 1 unspecified atom stereocenters. The van der Waals surface area contributed by atoms with Crippen molar-refractivity contribution in [1.82, 2.24) is 25.2 Å². The molecule has 4 rings (SSSR count). The van der Waals surface area contributed by atoms with Gasteiger partial charge in [0.05, 0.1) is 11.6 Å². The number of aryl methyl sites for hydroxylation is 1. The van der Waals surface area contributed by atoms with Crippen LogP contribution in [0.25, 0.3) is 22.5 Å². The third-order valence-electron chi connectivity index (χ3n) is 5.09. The van der Waals surface area contributed by atoms with Crippen molar-refractivity contribution >= 4 is 17.0 Å². The lowest BCUT2D eigenvalue weighted by molar-refractivity contribution is -0.132. The molecule has 160 valence electrons. The highest BCUT2D eigenvalue weighted by Crippen LogP contribution is 2.21. The van der Waals surface area contributed by atoms with E-state index in [1.165, 1.54) is 4.57 Å². The highest BCUT2D eigenvalue weighted by Gasteiger charge is 2.23. The van der Waals surface area contributed by atoms with Crippen LogP contribution in [0.3, 0.4) is 0 Å². The molecule has 31 heavy (non-hydrogen) atoms. The molecule has 1 aliphatic rings. The summed E-state index contributed by atoms with van der Waals surface area (Å²) in [6.45, 7) is 1.72. The smallest absolute Gasteiger partial charge is 0.408 e. The van der Waals surface area contributed by atoms with Gasteiger partial charge in [-0.2, -0.15) is 5.26 Å². The van der Waals surface area contributed by atoms with Crippen molar-refractivity contribution in [3.8, 4) is 17.5 Å². The molecule has 2 aromatic heterocycles. The maximum Gasteiger partial charge on any atom is 0.419 e. The van der Waals surface area contributed by atoms with Crippen molar-refractivity contribution in [3.63, 3.8) is 0 Å². The Morgan fingerprint density at radius 2 is 2.32 bits per heavy atom. The van der Waals surface area contributed by atoms with E-state index in [1.807, 2.05) is 0 Å². The number of hydrogen-bond donors (Lipinski definition) is 2. The average Bonchev–Trinajstić information content (AvgIpc) is 2.95. The summed E-state index contributed by atoms with van der Waals surface area (Å²) in [7, 11) is 1.63. The summed E-state index contributed by atoms with van der Waals surface area (Å²) in [4.78, 5) is 33.0. The highest BCUT2D eigenvalue weighted by molar-refractivity contribution is 5.81. The maximum atomic E-state index is 12.5. The zero-order chi connectivity index (χ0) is 21.8. The summed E-state index contributed by atoms with van der Waals surface area (Å²) < 4.78 is 12.1. The minimum atomic E-state index is -0.751. The molecule has 0 aliphatic carbocycles. The van der Waals surface area contributed by atoms with Gasteiger partial charge in [-0.3, -0.25) is 9.36 Å². The molecular weight excluding hydrogens is 400 g/mol. The first-order valence-electron chi connectivity index (χ1n) is 9.99. The zero-order valence-electron chi connectivity index (χ0n) is 17.0. The van der Waals surface area contributed by atoms with Crippen LogP contribution in [0, 0.1) is 11.3 Å². The van der Waals surface area contributed by atoms with Crippen LogP contribution < -0.4 is 16.4 Å². The lowest BCUT2D eigenvalue weighted by atomic mass is 10.1. The normalized spacial score (nSPS) is 17.6. The molecule has 0 spiro atoms. The number of benzene rings is 1. The first kappa shape index (κ1) is 20.7. The molecule has 1 aromatic carbocycles. The first-order valence-corrected chi connectivity index (χ1v) is 9.99. The number of ether oxygens (including phenoxy) is 1. The molecule has 3 aromatic rings. The third-order valence-corrected chi connectivity index (χ3v) is 5.09. The van der Waals surface area contributed by atoms with Gasteiger partial charge in [0.2, 0.25) is 0 Å². The van der Waals surface area contributed by atoms with Gasteiger partial charge in [0.1, 0.15) is 12.1 Å². The third kappa shape index (κ3) is 4.63. The highest BCUT2D eigenvalue weighted by atomic mass is 16.5. The van der Waals surface area contributed by atoms with Gasteiger partial charge < -0.3 is 19.8 Å². The molecule has 0 saturated carbocycles. The number of oxazole rings is 1. The Kier molecular flexibility index (Phi) is 6.06. The van der Waals surface area contributed by atoms with Crippen LogP contribution in [0.1, 0.15) is 12.1 Å². The Morgan fingerprint density at radius 1 is 1.45 bits per heavy atom. The molecule has 1 saturated heterocycles. The fourth-order valence-electron chi connectivity index (χ4n) is 3.40. The monoisotopic (exact) mass is 422 g/mol. The number of carbonyl (C=O) groups excluding carboxylic acids is 1. The number of carbonyl (C=O) groups is 1. The van der Waals surface area contributed by atoms with Gasteiger partial charge >= 0.3 is 5.76 Å². The zero-order valence-corrected chi connectivity index (χ0v) is 17.0. The Labute approximate surface area is 177 Å². The predicted octanol–water partition coefficient (Wildman–Crippen LogP) is 0.518. The summed E-state index contributed by atoms with van der Waals surface area (Å²) in [5.41, 5.74) is 2.43. The topological polar surface area (TPSA) is 135 Å². The number of rotatable bonds is 5. The maximum absolute atomic E-state index is 12.5. The van der Waals surface area contributed by atoms with Gasteiger partial charge in [0, 0.05) is 44.1 Å². The summed E-state index contributed by atoms with van der Waals surface area (Å²) in [6, 6.07) is 8.31. The van der Waals surface area contributed by atoms with Gasteiger partial charge in [-0.15, -0.1) is 0 Å². The number of nitrogens with zero attached hydrogens (tertiary/aromatic N) is 4. The number of aromatic nitrogens is 3. The summed E-state index contributed by atoms with van der Waals surface area (Å²) in [5, 5.41) is 15.4. The number of fused-ring (bicyclic) bond motifs is 1. The average molecular weight is 422 g/mol. The van der Waals surface area contributed by atoms with Crippen LogP contribution in [-0.4, -0.2) is 52.3 Å². The summed E-state index contributed by atoms with van der Waals surface area (Å²) in [5.74, 6) is -0.309. The Morgan fingerprint density at radius 3 is 3.16 bits per heavy atom. The second-order valence-corrected chi connectivity index (χ2v) is 7.29. The van der Waals surface area contributed by atoms with E-state index in [-0.39, 0.29) is 12.3 Å². The second-order valence-electron chi connectivity index (χ2n) is 7.29. The van der Waals surface area contributed by atoms with Crippen molar-refractivity contribution in [3.05, 3.63) is 46.7 Å². The number of nitrogens with one attached hydrogen (secondary N) is 2. The molecule has 0 radical (unpaired) electrons. The van der Waals surface area contributed by atoms with Crippen LogP contribution in [0.5, 0.6) is 0 Å². The van der Waals surface area contributed by atoms with Gasteiger partial charge in [0.25, 0.3) is 5.91 Å². The number of nitriles is 1. The minimum Gasteiger partial charge on any atom is -0.408 e. The SMILES string of the molecule is Cn1c(=O)oc2ccc(-c3nccc(CC(C#N)NC(=O)[C@@H]4CNCCCO4)n3)cc21. The Balaban J connectivity index is 1.49. The van der Waals surface area contributed by atoms with Crippen LogP contribution >= 0.6 is 0 Å². The molecule has 10 heteroatoms. The Bertz CT molecular complexity index is 1190. The molecule has 1 fully saturated rings. The van der Waals surface area contributed by atoms with E-state index in [4.69, 9.17) is 9.15 Å². The van der Waals surface area contributed by atoms with Crippen molar-refractivity contribution in [1.29, 1.82) is 5.26 Å². The fourth-order valence-corrected chi connectivity index (χ4v) is 3.40. The summed E-state index contributed by atoms with van der Waals surface area (Å²) in [6.07, 6.45) is 2.05. The van der Waals surface area contributed by atoms with E-state index in [2.05, 4.69) is 26.7 Å². The lowest BCUT2D eigenvalue weighted by Crippen LogP contribution is -2.46. The van der Waals surface area contributed by atoms with E-state index in [1.54, 1.807) is 37.5 Å². The summed E-state index contributed by atoms with van der Waals surface area (Å²) >= 11 is 0. The molecule has 0 bridgehead atoms. The second kappa shape index (κ2) is 9.07. The molecular formula is C21H22N6O4. The lowest BCUT2D eigenvalue weighted by Gasteiger charge is -2.17. The molecule has 1 aliphatic heterocycles. The molecule has 2 atom stereocenters. The van der Waals surface area contributed by atoms with Crippen LogP contribution in [-0.2, 0) is 23.0 Å². The molecule has 1 amide bonds. The van der Waals surface area contributed by atoms with Gasteiger partial charge in [0.15, 0.2) is 11.4 Å². The standard InChI is InChI=1S/C21H22N6O4/c1-27-16-9-13(3-4-17(16)31-21(27)29)19-24-7-5-14(25-19)10-15(11-22)26-20(28)18-12-23-6-2-8-30-18/h3-5,7,9,15,18,23H,2,6,8,10,12H2,1H3,(H,26,28)/t15?,18-/m0/s1. The van der Waals surface area contributed by atoms with E-state index < -0.39 is 17.9 Å². The van der Waals surface area contributed by atoms with Gasteiger partial charge in [-0.05, 0) is 37.2 Å². The van der Waals surface area contributed by atoms with Crippen molar-refractivity contribution < 1.29 is 13.9 Å². The number of hydrogen-bond acceptors (Lipinski definition) is 8. The van der Waals surface area contributed by atoms with Crippen molar-refractivity contribution in [2.75, 3.05) is 19.7 Å². The van der Waals surface area contributed by atoms with Gasteiger partial charge in [-0.1, -0.05) is 0 Å². The van der Waals surface area contributed by atoms with Crippen LogP contribution in [0.4, 0.5) is 0 Å². The van der Waals surface area contributed by atoms with Crippen LogP contribution in [0.15, 0.2) is 39.7 Å². The Hall–Kier alpha value is -3.55. The van der Waals surface area contributed by atoms with E-state index in [9.17, 15) is 14.9 Å². The van der Waals surface area contributed by atoms with E-state index in [0.717, 1.165) is 13.0 Å². The number of amides is 1. The van der Waals surface area contributed by atoms with E-state index in [0.29, 0.717) is 41.3 Å². The first-order chi connectivity index (χ1) is 15.0. The quantitative estimate of drug-likeness (QED) is 0.607. The molecule has 3 heterocycles. The molecule has 2 N–H and O–H groups in total. The fraction of sp³-hybridized carbons (Fsp3) is 0.381. The predicted molar refractivity (Wildman–Crippen MR) is 111 cm³/mol. The van der Waals surface area contributed by atoms with Crippen molar-refractivity contribution in [2.24, 2.45) is 7.05 Å². The minimum absolute atomic E-state index is 0.227. The van der Waals surface area contributed by atoms with Crippen molar-refractivity contribution in [2.45, 2.75) is 25.0 Å². The van der Waals surface area contributed by atoms with Crippen LogP contribution in [0.2, 0.25) is 0 Å². The molecule has 10 nitrogen and oxygen atoms in total. The van der Waals surface area contributed by atoms with E-state index >= 15 is 0 Å².